The van der Waals surface area contributed by atoms with Gasteiger partial charge >= 0.3 is 0 Å². The van der Waals surface area contributed by atoms with Gasteiger partial charge in [0.05, 0.1) is 11.2 Å². The summed E-state index contributed by atoms with van der Waals surface area (Å²) in [6.45, 7) is 0. The Bertz CT molecular complexity index is 689. The summed E-state index contributed by atoms with van der Waals surface area (Å²) in [5.74, 6) is 0. The van der Waals surface area contributed by atoms with E-state index in [-0.39, 0.29) is 0 Å². The lowest BCUT2D eigenvalue weighted by atomic mass is 10.1. The Morgan fingerprint density at radius 3 is 2.56 bits per heavy atom. The summed E-state index contributed by atoms with van der Waals surface area (Å²) in [6, 6.07) is 15.9. The van der Waals surface area contributed by atoms with Crippen LogP contribution in [0.15, 0.2) is 54.9 Å². The molecule has 0 spiro atoms. The molecule has 0 N–H and O–H groups in total. The smallest absolute Gasteiger partial charge is 0.116 e. The fourth-order valence-electron chi connectivity index (χ4n) is 2.02. The van der Waals surface area contributed by atoms with E-state index in [2.05, 4.69) is 9.97 Å². The van der Waals surface area contributed by atoms with Crippen molar-refractivity contribution in [2.45, 2.75) is 6.42 Å². The van der Waals surface area contributed by atoms with E-state index >= 15 is 0 Å². The van der Waals surface area contributed by atoms with Gasteiger partial charge in [-0.3, -0.25) is 0 Å². The van der Waals surface area contributed by atoms with Crippen LogP contribution in [-0.4, -0.2) is 9.97 Å². The normalized spacial score (nSPS) is 10.7. The van der Waals surface area contributed by atoms with Crippen LogP contribution in [0.4, 0.5) is 0 Å². The quantitative estimate of drug-likeness (QED) is 0.694. The Morgan fingerprint density at radius 1 is 0.889 bits per heavy atom. The molecule has 0 aliphatic rings. The van der Waals surface area contributed by atoms with Gasteiger partial charge in [0.1, 0.15) is 6.33 Å². The molecule has 0 bridgehead atoms. The Morgan fingerprint density at radius 2 is 1.67 bits per heavy atom. The van der Waals surface area contributed by atoms with Crippen LogP contribution >= 0.6 is 11.6 Å². The van der Waals surface area contributed by atoms with E-state index < -0.39 is 0 Å². The highest BCUT2D eigenvalue weighted by Crippen LogP contribution is 2.21. The molecule has 0 fully saturated rings. The SMILES string of the molecule is Clc1ccccc1Cc1ncnc2ccccc12. The monoisotopic (exact) mass is 254 g/mol. The van der Waals surface area contributed by atoms with Crippen LogP contribution < -0.4 is 0 Å². The van der Waals surface area contributed by atoms with E-state index in [4.69, 9.17) is 11.6 Å². The maximum atomic E-state index is 6.18. The third-order valence-corrected chi connectivity index (χ3v) is 3.31. The maximum Gasteiger partial charge on any atom is 0.116 e. The standard InChI is InChI=1S/C15H11ClN2/c16-13-7-3-1-5-11(13)9-15-12-6-2-4-8-14(12)17-10-18-15/h1-8,10H,9H2. The van der Waals surface area contributed by atoms with E-state index in [1.165, 1.54) is 0 Å². The molecule has 0 aliphatic heterocycles. The second-order valence-corrected chi connectivity index (χ2v) is 4.51. The highest BCUT2D eigenvalue weighted by molar-refractivity contribution is 6.31. The van der Waals surface area contributed by atoms with Crippen LogP contribution in [-0.2, 0) is 6.42 Å². The lowest BCUT2D eigenvalue weighted by Gasteiger charge is -2.06. The molecule has 0 saturated carbocycles. The van der Waals surface area contributed by atoms with Crippen molar-refractivity contribution in [1.82, 2.24) is 9.97 Å². The van der Waals surface area contributed by atoms with Gasteiger partial charge in [-0.2, -0.15) is 0 Å². The van der Waals surface area contributed by atoms with Crippen LogP contribution in [0.5, 0.6) is 0 Å². The van der Waals surface area contributed by atoms with Crippen molar-refractivity contribution in [2.24, 2.45) is 0 Å². The molecule has 0 saturated heterocycles. The molecule has 0 radical (unpaired) electrons. The summed E-state index contributed by atoms with van der Waals surface area (Å²) in [4.78, 5) is 8.64. The molecule has 3 rings (SSSR count). The molecule has 3 aromatic rings. The van der Waals surface area contributed by atoms with E-state index in [0.29, 0.717) is 0 Å². The lowest BCUT2D eigenvalue weighted by Crippen LogP contribution is -1.95. The molecular weight excluding hydrogens is 244 g/mol. The number of benzene rings is 2. The third kappa shape index (κ3) is 2.07. The van der Waals surface area contributed by atoms with E-state index in [9.17, 15) is 0 Å². The van der Waals surface area contributed by atoms with Crippen molar-refractivity contribution in [3.63, 3.8) is 0 Å². The first-order chi connectivity index (χ1) is 8.84. The van der Waals surface area contributed by atoms with Crippen LogP contribution in [0.3, 0.4) is 0 Å². The predicted octanol–water partition coefficient (Wildman–Crippen LogP) is 3.87. The van der Waals surface area contributed by atoms with Gasteiger partial charge in [0.2, 0.25) is 0 Å². The first-order valence-electron chi connectivity index (χ1n) is 5.76. The van der Waals surface area contributed by atoms with Crippen molar-refractivity contribution < 1.29 is 0 Å². The van der Waals surface area contributed by atoms with Crippen molar-refractivity contribution in [2.75, 3.05) is 0 Å². The summed E-state index contributed by atoms with van der Waals surface area (Å²) in [5, 5.41) is 1.86. The Balaban J connectivity index is 2.08. The Kier molecular flexibility index (Phi) is 2.95. The highest BCUT2D eigenvalue weighted by atomic mass is 35.5. The van der Waals surface area contributed by atoms with Crippen molar-refractivity contribution in [3.8, 4) is 0 Å². The number of para-hydroxylation sites is 1. The maximum absolute atomic E-state index is 6.18. The van der Waals surface area contributed by atoms with Crippen molar-refractivity contribution >= 4 is 22.5 Å². The average Bonchev–Trinajstić information content (AvgIpc) is 2.42. The van der Waals surface area contributed by atoms with Gasteiger partial charge in [0.25, 0.3) is 0 Å². The molecule has 0 unspecified atom stereocenters. The summed E-state index contributed by atoms with van der Waals surface area (Å²) in [5.41, 5.74) is 3.06. The first-order valence-corrected chi connectivity index (χ1v) is 6.14. The number of rotatable bonds is 2. The topological polar surface area (TPSA) is 25.8 Å². The zero-order chi connectivity index (χ0) is 12.4. The van der Waals surface area contributed by atoms with Gasteiger partial charge in [-0.15, -0.1) is 0 Å². The Labute approximate surface area is 110 Å². The van der Waals surface area contributed by atoms with Gasteiger partial charge in [0, 0.05) is 16.8 Å². The Hall–Kier alpha value is -1.93. The van der Waals surface area contributed by atoms with Crippen LogP contribution in [0.2, 0.25) is 5.02 Å². The highest BCUT2D eigenvalue weighted by Gasteiger charge is 2.06. The minimum absolute atomic E-state index is 0.725. The van der Waals surface area contributed by atoms with Gasteiger partial charge in [-0.25, -0.2) is 9.97 Å². The molecule has 1 heterocycles. The zero-order valence-electron chi connectivity index (χ0n) is 9.68. The van der Waals surface area contributed by atoms with E-state index in [0.717, 1.165) is 33.6 Å². The van der Waals surface area contributed by atoms with Crippen LogP contribution in [0.25, 0.3) is 10.9 Å². The van der Waals surface area contributed by atoms with Gasteiger partial charge in [-0.1, -0.05) is 48.0 Å². The number of aromatic nitrogens is 2. The fraction of sp³-hybridized carbons (Fsp3) is 0.0667. The minimum Gasteiger partial charge on any atom is -0.240 e. The number of fused-ring (bicyclic) bond motifs is 1. The van der Waals surface area contributed by atoms with Crippen LogP contribution in [0, 0.1) is 0 Å². The second-order valence-electron chi connectivity index (χ2n) is 4.11. The molecule has 18 heavy (non-hydrogen) atoms. The van der Waals surface area contributed by atoms with Crippen molar-refractivity contribution in [3.05, 3.63) is 71.1 Å². The molecule has 0 aliphatic carbocycles. The number of hydrogen-bond donors (Lipinski definition) is 0. The molecule has 0 atom stereocenters. The van der Waals surface area contributed by atoms with Crippen molar-refractivity contribution in [1.29, 1.82) is 0 Å². The largest absolute Gasteiger partial charge is 0.240 e. The molecule has 2 aromatic carbocycles. The molecule has 0 amide bonds. The summed E-state index contributed by atoms with van der Waals surface area (Å²) >= 11 is 6.18. The zero-order valence-corrected chi connectivity index (χ0v) is 10.4. The summed E-state index contributed by atoms with van der Waals surface area (Å²) in [7, 11) is 0. The lowest BCUT2D eigenvalue weighted by molar-refractivity contribution is 1.06. The molecular formula is C15H11ClN2. The number of hydrogen-bond acceptors (Lipinski definition) is 2. The molecule has 3 heteroatoms. The molecule has 2 nitrogen and oxygen atoms in total. The predicted molar refractivity (Wildman–Crippen MR) is 73.8 cm³/mol. The fourth-order valence-corrected chi connectivity index (χ4v) is 2.23. The number of halogens is 1. The minimum atomic E-state index is 0.725. The molecule has 88 valence electrons. The van der Waals surface area contributed by atoms with Gasteiger partial charge in [-0.05, 0) is 17.7 Å². The van der Waals surface area contributed by atoms with Gasteiger partial charge < -0.3 is 0 Å². The first kappa shape index (κ1) is 11.2. The van der Waals surface area contributed by atoms with Gasteiger partial charge in [0.15, 0.2) is 0 Å². The number of nitrogens with zero attached hydrogens (tertiary/aromatic N) is 2. The second kappa shape index (κ2) is 4.75. The molecule has 1 aromatic heterocycles. The summed E-state index contributed by atoms with van der Waals surface area (Å²) in [6.07, 6.45) is 2.33. The van der Waals surface area contributed by atoms with E-state index in [1.54, 1.807) is 6.33 Å². The summed E-state index contributed by atoms with van der Waals surface area (Å²) < 4.78 is 0. The van der Waals surface area contributed by atoms with E-state index in [1.807, 2.05) is 48.5 Å². The third-order valence-electron chi connectivity index (χ3n) is 2.94. The van der Waals surface area contributed by atoms with Crippen LogP contribution in [0.1, 0.15) is 11.3 Å². The average molecular weight is 255 g/mol.